The molecule has 0 spiro atoms. The second-order valence-corrected chi connectivity index (χ2v) is 19.2. The lowest BCUT2D eigenvalue weighted by Crippen LogP contribution is -2.30. The highest BCUT2D eigenvalue weighted by Crippen LogP contribution is 2.15. The molecule has 70 heavy (non-hydrogen) atoms. The highest BCUT2D eigenvalue weighted by Gasteiger charge is 2.19. The zero-order valence-electron chi connectivity index (χ0n) is 45.8. The number of hydrogen-bond acceptors (Lipinski definition) is 6. The minimum Gasteiger partial charge on any atom is -0.462 e. The van der Waals surface area contributed by atoms with Gasteiger partial charge in [0.25, 0.3) is 0 Å². The van der Waals surface area contributed by atoms with Crippen LogP contribution in [0.3, 0.4) is 0 Å². The number of hydrogen-bond donors (Lipinski definition) is 0. The maximum atomic E-state index is 12.8. The van der Waals surface area contributed by atoms with Crippen LogP contribution in [0.25, 0.3) is 0 Å². The van der Waals surface area contributed by atoms with Gasteiger partial charge in [0.1, 0.15) is 13.2 Å². The van der Waals surface area contributed by atoms with Crippen molar-refractivity contribution < 1.29 is 28.6 Å². The van der Waals surface area contributed by atoms with E-state index in [1.165, 1.54) is 135 Å². The molecule has 0 bridgehead atoms. The first-order valence-electron chi connectivity index (χ1n) is 29.2. The lowest BCUT2D eigenvalue weighted by molar-refractivity contribution is -0.166. The van der Waals surface area contributed by atoms with E-state index in [9.17, 15) is 14.4 Å². The average Bonchev–Trinajstić information content (AvgIpc) is 3.36. The second-order valence-electron chi connectivity index (χ2n) is 19.2. The molecule has 6 heteroatoms. The van der Waals surface area contributed by atoms with Crippen molar-refractivity contribution in [3.05, 3.63) is 97.2 Å². The van der Waals surface area contributed by atoms with E-state index in [-0.39, 0.29) is 31.6 Å². The Morgan fingerprint density at radius 1 is 0.314 bits per heavy atom. The summed E-state index contributed by atoms with van der Waals surface area (Å²) in [6.07, 6.45) is 77.4. The van der Waals surface area contributed by atoms with E-state index >= 15 is 0 Å². The van der Waals surface area contributed by atoms with E-state index < -0.39 is 12.1 Å². The first kappa shape index (κ1) is 66.3. The third-order valence-corrected chi connectivity index (χ3v) is 12.3. The molecule has 0 N–H and O–H groups in total. The van der Waals surface area contributed by atoms with Crippen LogP contribution in [0.15, 0.2) is 97.2 Å². The van der Waals surface area contributed by atoms with Gasteiger partial charge in [-0.3, -0.25) is 14.4 Å². The van der Waals surface area contributed by atoms with Crippen LogP contribution in [0, 0.1) is 0 Å². The summed E-state index contributed by atoms with van der Waals surface area (Å²) in [6.45, 7) is 6.37. The maximum Gasteiger partial charge on any atom is 0.310 e. The van der Waals surface area contributed by atoms with Crippen LogP contribution in [-0.4, -0.2) is 37.2 Å². The molecule has 1 unspecified atom stereocenters. The molecule has 0 rings (SSSR count). The van der Waals surface area contributed by atoms with Crippen LogP contribution >= 0.6 is 0 Å². The molecule has 0 amide bonds. The van der Waals surface area contributed by atoms with Gasteiger partial charge in [0.15, 0.2) is 6.10 Å². The van der Waals surface area contributed by atoms with Crippen molar-refractivity contribution in [2.45, 2.75) is 277 Å². The number of esters is 3. The van der Waals surface area contributed by atoms with Crippen LogP contribution in [0.5, 0.6) is 0 Å². The van der Waals surface area contributed by atoms with Crippen molar-refractivity contribution in [3.63, 3.8) is 0 Å². The van der Waals surface area contributed by atoms with E-state index in [2.05, 4.69) is 106 Å². The van der Waals surface area contributed by atoms with Gasteiger partial charge < -0.3 is 14.2 Å². The van der Waals surface area contributed by atoms with Gasteiger partial charge in [-0.1, -0.05) is 253 Å². The first-order valence-corrected chi connectivity index (χ1v) is 29.2. The molecular weight excluding hydrogens is 865 g/mol. The third kappa shape index (κ3) is 55.3. The van der Waals surface area contributed by atoms with Gasteiger partial charge in [-0.05, 0) is 96.3 Å². The Labute approximate surface area is 432 Å². The van der Waals surface area contributed by atoms with Gasteiger partial charge in [-0.25, -0.2) is 0 Å². The maximum absolute atomic E-state index is 12.8. The summed E-state index contributed by atoms with van der Waals surface area (Å²) < 4.78 is 16.7. The van der Waals surface area contributed by atoms with Gasteiger partial charge in [0, 0.05) is 12.8 Å². The van der Waals surface area contributed by atoms with E-state index in [4.69, 9.17) is 14.2 Å². The SMILES string of the molecule is CC/C=C\C/C=C\C/C=C\C/C=C\C/C=C\CC(=O)OC(COC(=O)CCCCCCC/C=C\CCC)COC(=O)CCCCCCCCCCCCCCCCC/C=C\C/C=C\CCCCCCC. The van der Waals surface area contributed by atoms with Crippen molar-refractivity contribution in [3.8, 4) is 0 Å². The van der Waals surface area contributed by atoms with Crippen LogP contribution in [0.1, 0.15) is 271 Å². The fraction of sp³-hybridized carbons (Fsp3) is 0.703. The van der Waals surface area contributed by atoms with Crippen molar-refractivity contribution in [1.82, 2.24) is 0 Å². The fourth-order valence-electron chi connectivity index (χ4n) is 7.96. The Balaban J connectivity index is 4.26. The lowest BCUT2D eigenvalue weighted by atomic mass is 10.0. The standard InChI is InChI=1S/C64H108O6/c1-4-7-10-13-16-19-22-24-26-27-28-29-30-31-32-33-34-35-36-37-39-40-42-45-48-51-54-57-63(66)69-60-61(59-68-62(65)56-53-50-47-44-21-18-15-12-9-6-3)70-64(67)58-55-52-49-46-43-41-38-25-23-20-17-14-11-8-5-2/h8,11-12,15,17,20,22,24-25,27-28,38,43,46,52,55,61H,4-7,9-10,13-14,16,18-19,21,23,26,29-37,39-42,44-45,47-51,53-54,56-60H2,1-3H3/b11-8-,15-12-,20-17-,24-22-,28-27-,38-25-,46-43-,55-52-. The molecular formula is C64H108O6. The predicted octanol–water partition coefficient (Wildman–Crippen LogP) is 19.7. The Kier molecular flexibility index (Phi) is 54.9. The van der Waals surface area contributed by atoms with Gasteiger partial charge >= 0.3 is 17.9 Å². The summed E-state index contributed by atoms with van der Waals surface area (Å²) in [4.78, 5) is 38.0. The number of rotatable bonds is 52. The summed E-state index contributed by atoms with van der Waals surface area (Å²) >= 11 is 0. The summed E-state index contributed by atoms with van der Waals surface area (Å²) in [5, 5.41) is 0. The van der Waals surface area contributed by atoms with E-state index in [0.717, 1.165) is 96.3 Å². The molecule has 400 valence electrons. The van der Waals surface area contributed by atoms with Gasteiger partial charge in [0.2, 0.25) is 0 Å². The molecule has 1 atom stereocenters. The zero-order chi connectivity index (χ0) is 50.7. The predicted molar refractivity (Wildman–Crippen MR) is 302 cm³/mol. The quantitative estimate of drug-likeness (QED) is 0.0262. The average molecular weight is 974 g/mol. The molecule has 0 saturated carbocycles. The highest BCUT2D eigenvalue weighted by molar-refractivity contribution is 5.72. The third-order valence-electron chi connectivity index (χ3n) is 12.3. The molecule has 0 aromatic heterocycles. The summed E-state index contributed by atoms with van der Waals surface area (Å²) in [5.74, 6) is -1.06. The molecule has 0 aliphatic heterocycles. The molecule has 0 saturated heterocycles. The van der Waals surface area contributed by atoms with E-state index in [1.807, 2.05) is 6.08 Å². The molecule has 6 nitrogen and oxygen atoms in total. The number of carbonyl (C=O) groups is 3. The fourth-order valence-corrected chi connectivity index (χ4v) is 7.96. The van der Waals surface area contributed by atoms with Crippen LogP contribution in [0.4, 0.5) is 0 Å². The summed E-state index contributed by atoms with van der Waals surface area (Å²) in [7, 11) is 0. The van der Waals surface area contributed by atoms with Crippen LogP contribution in [0.2, 0.25) is 0 Å². The molecule has 0 aliphatic rings. The Hall–Kier alpha value is -3.67. The minimum absolute atomic E-state index is 0.0944. The van der Waals surface area contributed by atoms with Crippen LogP contribution in [-0.2, 0) is 28.6 Å². The number of unbranched alkanes of at least 4 members (excludes halogenated alkanes) is 26. The molecule has 0 aromatic carbocycles. The van der Waals surface area contributed by atoms with Crippen molar-refractivity contribution in [2.75, 3.05) is 13.2 Å². The normalized spacial score (nSPS) is 12.8. The summed E-state index contributed by atoms with van der Waals surface area (Å²) in [6, 6.07) is 0. The molecule has 0 fully saturated rings. The topological polar surface area (TPSA) is 78.9 Å². The van der Waals surface area contributed by atoms with E-state index in [1.54, 1.807) is 6.08 Å². The zero-order valence-corrected chi connectivity index (χ0v) is 45.8. The van der Waals surface area contributed by atoms with Gasteiger partial charge in [-0.15, -0.1) is 0 Å². The number of allylic oxidation sites excluding steroid dienone is 15. The number of carbonyl (C=O) groups excluding carboxylic acids is 3. The molecule has 0 aliphatic carbocycles. The molecule has 0 heterocycles. The second kappa shape index (κ2) is 57.9. The minimum atomic E-state index is -0.834. The van der Waals surface area contributed by atoms with Crippen molar-refractivity contribution >= 4 is 17.9 Å². The Morgan fingerprint density at radius 3 is 1.01 bits per heavy atom. The smallest absolute Gasteiger partial charge is 0.310 e. The Morgan fingerprint density at radius 2 is 0.629 bits per heavy atom. The highest BCUT2D eigenvalue weighted by atomic mass is 16.6. The van der Waals surface area contributed by atoms with Gasteiger partial charge in [0.05, 0.1) is 6.42 Å². The first-order chi connectivity index (χ1) is 34.5. The number of ether oxygens (including phenoxy) is 3. The summed E-state index contributed by atoms with van der Waals surface area (Å²) in [5.41, 5.74) is 0. The molecule has 0 aromatic rings. The lowest BCUT2D eigenvalue weighted by Gasteiger charge is -2.18. The van der Waals surface area contributed by atoms with Crippen molar-refractivity contribution in [2.24, 2.45) is 0 Å². The molecule has 0 radical (unpaired) electrons. The largest absolute Gasteiger partial charge is 0.462 e. The monoisotopic (exact) mass is 973 g/mol. The van der Waals surface area contributed by atoms with Crippen LogP contribution < -0.4 is 0 Å². The Bertz CT molecular complexity index is 1400. The van der Waals surface area contributed by atoms with Crippen molar-refractivity contribution in [1.29, 1.82) is 0 Å². The van der Waals surface area contributed by atoms with Gasteiger partial charge in [-0.2, -0.15) is 0 Å². The van der Waals surface area contributed by atoms with E-state index in [0.29, 0.717) is 12.8 Å².